The summed E-state index contributed by atoms with van der Waals surface area (Å²) in [4.78, 5) is 19.4. The van der Waals surface area contributed by atoms with E-state index in [0.29, 0.717) is 59.4 Å². The van der Waals surface area contributed by atoms with Crippen molar-refractivity contribution >= 4 is 17.4 Å². The Labute approximate surface area is 192 Å². The molecule has 8 heteroatoms. The number of methoxy groups -OCH3 is 4. The molecule has 0 spiro atoms. The highest BCUT2D eigenvalue weighted by Crippen LogP contribution is 2.41. The third kappa shape index (κ3) is 3.98. The highest BCUT2D eigenvalue weighted by molar-refractivity contribution is 6.07. The topological polar surface area (TPSA) is 93.4 Å². The molecule has 0 aliphatic carbocycles. The van der Waals surface area contributed by atoms with E-state index in [9.17, 15) is 10.1 Å². The van der Waals surface area contributed by atoms with Gasteiger partial charge in [-0.2, -0.15) is 10.3 Å². The SMILES string of the molecule is COc1ccc(C(=O)N=C2CCC(C#N)=C3c4cc(OC)c(OC)cc4CCN23)cc1OC. The number of allylic oxidation sites excluding steroid dienone is 1. The first-order chi connectivity index (χ1) is 16.0. The molecule has 2 aliphatic rings. The molecule has 0 aromatic heterocycles. The zero-order valence-corrected chi connectivity index (χ0v) is 19.1. The second kappa shape index (κ2) is 9.25. The maximum absolute atomic E-state index is 13.0. The normalized spacial score (nSPS) is 16.0. The van der Waals surface area contributed by atoms with Gasteiger partial charge in [-0.3, -0.25) is 4.79 Å². The van der Waals surface area contributed by atoms with Crippen LogP contribution < -0.4 is 18.9 Å². The maximum Gasteiger partial charge on any atom is 0.278 e. The van der Waals surface area contributed by atoms with Gasteiger partial charge >= 0.3 is 0 Å². The van der Waals surface area contributed by atoms with E-state index in [1.54, 1.807) is 39.5 Å². The molecule has 2 aromatic carbocycles. The van der Waals surface area contributed by atoms with E-state index in [4.69, 9.17) is 18.9 Å². The van der Waals surface area contributed by atoms with Crippen LogP contribution in [0.1, 0.15) is 34.3 Å². The highest BCUT2D eigenvalue weighted by Gasteiger charge is 2.32. The lowest BCUT2D eigenvalue weighted by Crippen LogP contribution is -2.38. The molecule has 0 bridgehead atoms. The Morgan fingerprint density at radius 2 is 1.58 bits per heavy atom. The number of amides is 1. The van der Waals surface area contributed by atoms with Crippen LogP contribution in [0, 0.1) is 11.3 Å². The van der Waals surface area contributed by atoms with Crippen molar-refractivity contribution in [3.8, 4) is 29.1 Å². The van der Waals surface area contributed by atoms with Gasteiger partial charge in [-0.05, 0) is 48.7 Å². The first-order valence-electron chi connectivity index (χ1n) is 10.5. The molecule has 1 amide bonds. The van der Waals surface area contributed by atoms with Crippen molar-refractivity contribution in [3.63, 3.8) is 0 Å². The number of aliphatic imine (C=N–C) groups is 1. The van der Waals surface area contributed by atoms with Crippen LogP contribution in [0.2, 0.25) is 0 Å². The number of rotatable bonds is 5. The van der Waals surface area contributed by atoms with E-state index in [0.717, 1.165) is 23.2 Å². The summed E-state index contributed by atoms with van der Waals surface area (Å²) in [7, 11) is 6.25. The van der Waals surface area contributed by atoms with Crippen LogP contribution in [-0.2, 0) is 6.42 Å². The standard InChI is InChI=1S/C25H25N3O5/c1-30-19-7-5-16(12-20(19)31-2)25(29)27-23-8-6-17(14-26)24-18-13-22(33-4)21(32-3)11-15(18)9-10-28(23)24/h5,7,11-13H,6,8-10H2,1-4H3. The van der Waals surface area contributed by atoms with Gasteiger partial charge in [0.25, 0.3) is 5.91 Å². The second-order valence-electron chi connectivity index (χ2n) is 7.61. The maximum atomic E-state index is 13.0. The molecule has 2 heterocycles. The minimum atomic E-state index is -0.371. The summed E-state index contributed by atoms with van der Waals surface area (Å²) in [6.07, 6.45) is 1.74. The number of carbonyl (C=O) groups excluding carboxylic acids is 1. The summed E-state index contributed by atoms with van der Waals surface area (Å²) in [5.41, 5.74) is 3.83. The summed E-state index contributed by atoms with van der Waals surface area (Å²) in [5.74, 6) is 2.52. The molecule has 0 unspecified atom stereocenters. The van der Waals surface area contributed by atoms with Crippen molar-refractivity contribution in [2.45, 2.75) is 19.3 Å². The second-order valence-corrected chi connectivity index (χ2v) is 7.61. The Morgan fingerprint density at radius 3 is 2.24 bits per heavy atom. The fraction of sp³-hybridized carbons (Fsp3) is 0.320. The van der Waals surface area contributed by atoms with Crippen LogP contribution in [0.15, 0.2) is 40.9 Å². The van der Waals surface area contributed by atoms with Crippen molar-refractivity contribution < 1.29 is 23.7 Å². The molecule has 4 rings (SSSR count). The Hall–Kier alpha value is -3.99. The largest absolute Gasteiger partial charge is 0.493 e. The summed E-state index contributed by atoms with van der Waals surface area (Å²) in [5, 5.41) is 9.81. The van der Waals surface area contributed by atoms with Gasteiger partial charge in [-0.15, -0.1) is 0 Å². The number of hydrogen-bond acceptors (Lipinski definition) is 6. The zero-order chi connectivity index (χ0) is 23.5. The van der Waals surface area contributed by atoms with E-state index in [1.165, 1.54) is 7.11 Å². The van der Waals surface area contributed by atoms with Crippen LogP contribution in [-0.4, -0.2) is 51.6 Å². The lowest BCUT2D eigenvalue weighted by atomic mass is 9.89. The van der Waals surface area contributed by atoms with Gasteiger partial charge in [0, 0.05) is 24.1 Å². The lowest BCUT2D eigenvalue weighted by Gasteiger charge is -2.38. The predicted molar refractivity (Wildman–Crippen MR) is 123 cm³/mol. The van der Waals surface area contributed by atoms with E-state index in [1.807, 2.05) is 17.0 Å². The molecule has 0 radical (unpaired) electrons. The molecule has 2 aromatic rings. The van der Waals surface area contributed by atoms with E-state index < -0.39 is 0 Å². The number of fused-ring (bicyclic) bond motifs is 3. The van der Waals surface area contributed by atoms with Crippen molar-refractivity contribution in [1.29, 1.82) is 5.26 Å². The van der Waals surface area contributed by atoms with Crippen LogP contribution >= 0.6 is 0 Å². The van der Waals surface area contributed by atoms with E-state index in [-0.39, 0.29) is 5.91 Å². The molecule has 2 aliphatic heterocycles. The minimum absolute atomic E-state index is 0.371. The van der Waals surface area contributed by atoms with Gasteiger partial charge in [0.1, 0.15) is 5.84 Å². The number of nitriles is 1. The predicted octanol–water partition coefficient (Wildman–Crippen LogP) is 3.85. The minimum Gasteiger partial charge on any atom is -0.493 e. The van der Waals surface area contributed by atoms with Crippen molar-refractivity contribution in [3.05, 3.63) is 52.6 Å². The molecule has 0 saturated heterocycles. The molecule has 33 heavy (non-hydrogen) atoms. The average molecular weight is 447 g/mol. The number of nitrogens with zero attached hydrogens (tertiary/aromatic N) is 3. The smallest absolute Gasteiger partial charge is 0.278 e. The number of amidine groups is 1. The first kappa shape index (κ1) is 22.2. The number of carbonyl (C=O) groups is 1. The van der Waals surface area contributed by atoms with Gasteiger partial charge in [-0.25, -0.2) is 0 Å². The Balaban J connectivity index is 1.74. The Morgan fingerprint density at radius 1 is 0.909 bits per heavy atom. The summed E-state index contributed by atoms with van der Waals surface area (Å²) in [6.45, 7) is 0.612. The molecule has 0 fully saturated rings. The van der Waals surface area contributed by atoms with Gasteiger partial charge in [-0.1, -0.05) is 0 Å². The van der Waals surface area contributed by atoms with Crippen LogP contribution in [0.4, 0.5) is 0 Å². The average Bonchev–Trinajstić information content (AvgIpc) is 2.87. The zero-order valence-electron chi connectivity index (χ0n) is 19.1. The quantitative estimate of drug-likeness (QED) is 0.687. The third-order valence-electron chi connectivity index (χ3n) is 5.93. The van der Waals surface area contributed by atoms with Crippen molar-refractivity contribution in [2.75, 3.05) is 35.0 Å². The monoisotopic (exact) mass is 447 g/mol. The number of ether oxygens (including phenoxy) is 4. The fourth-order valence-electron chi connectivity index (χ4n) is 4.29. The van der Waals surface area contributed by atoms with E-state index >= 15 is 0 Å². The molecule has 170 valence electrons. The van der Waals surface area contributed by atoms with Crippen molar-refractivity contribution in [1.82, 2.24) is 4.90 Å². The van der Waals surface area contributed by atoms with Crippen LogP contribution in [0.25, 0.3) is 5.70 Å². The lowest BCUT2D eigenvalue weighted by molar-refractivity contribution is 0.100. The molecular formula is C25H25N3O5. The Bertz CT molecular complexity index is 1210. The van der Waals surface area contributed by atoms with Gasteiger partial charge in [0.2, 0.25) is 0 Å². The fourth-order valence-corrected chi connectivity index (χ4v) is 4.29. The van der Waals surface area contributed by atoms with Crippen LogP contribution in [0.5, 0.6) is 23.0 Å². The molecule has 8 nitrogen and oxygen atoms in total. The first-order valence-corrected chi connectivity index (χ1v) is 10.5. The van der Waals surface area contributed by atoms with Gasteiger partial charge in [0.05, 0.1) is 45.8 Å². The van der Waals surface area contributed by atoms with Gasteiger partial charge in [0.15, 0.2) is 23.0 Å². The summed E-state index contributed by atoms with van der Waals surface area (Å²) >= 11 is 0. The molecule has 0 N–H and O–H groups in total. The van der Waals surface area contributed by atoms with Gasteiger partial charge < -0.3 is 23.8 Å². The Kier molecular flexibility index (Phi) is 6.22. The van der Waals surface area contributed by atoms with Crippen LogP contribution in [0.3, 0.4) is 0 Å². The molecular weight excluding hydrogens is 422 g/mol. The summed E-state index contributed by atoms with van der Waals surface area (Å²) < 4.78 is 21.5. The molecule has 0 atom stereocenters. The number of benzene rings is 2. The third-order valence-corrected chi connectivity index (χ3v) is 5.93. The number of hydrogen-bond donors (Lipinski definition) is 0. The molecule has 0 saturated carbocycles. The highest BCUT2D eigenvalue weighted by atomic mass is 16.5. The van der Waals surface area contributed by atoms with Crippen molar-refractivity contribution in [2.24, 2.45) is 4.99 Å². The summed E-state index contributed by atoms with van der Waals surface area (Å²) in [6, 6.07) is 11.2. The van der Waals surface area contributed by atoms with E-state index in [2.05, 4.69) is 11.1 Å².